The third-order valence-corrected chi connectivity index (χ3v) is 4.16. The minimum Gasteiger partial charge on any atom is -0.308 e. The molecule has 4 heteroatoms. The van der Waals surface area contributed by atoms with E-state index in [1.807, 2.05) is 17.9 Å². The number of hydrogen-bond donors (Lipinski definition) is 1. The molecule has 1 saturated heterocycles. The molecular weight excluding hydrogens is 224 g/mol. The standard InChI is InChI=1S/C14H26N4/c1-4-18-9-5-13(6-10-18)12(2)15-11-14-7-8-17(3)16-14/h7-8,12-13,15H,4-6,9-11H2,1-3H3. The number of aryl methyl sites for hydroxylation is 1. The average molecular weight is 250 g/mol. The summed E-state index contributed by atoms with van der Waals surface area (Å²) in [7, 11) is 1.97. The first-order chi connectivity index (χ1) is 8.69. The summed E-state index contributed by atoms with van der Waals surface area (Å²) < 4.78 is 1.86. The van der Waals surface area contributed by atoms with Crippen LogP contribution in [0.3, 0.4) is 0 Å². The molecule has 0 amide bonds. The van der Waals surface area contributed by atoms with Gasteiger partial charge in [-0.3, -0.25) is 4.68 Å². The van der Waals surface area contributed by atoms with Crippen LogP contribution in [0.2, 0.25) is 0 Å². The summed E-state index contributed by atoms with van der Waals surface area (Å²) in [5, 5.41) is 8.02. The maximum absolute atomic E-state index is 4.40. The molecule has 1 aliphatic rings. The van der Waals surface area contributed by atoms with Gasteiger partial charge in [-0.25, -0.2) is 0 Å². The van der Waals surface area contributed by atoms with E-state index >= 15 is 0 Å². The highest BCUT2D eigenvalue weighted by Gasteiger charge is 2.22. The second-order valence-corrected chi connectivity index (χ2v) is 5.42. The summed E-state index contributed by atoms with van der Waals surface area (Å²) in [6, 6.07) is 2.67. The number of hydrogen-bond acceptors (Lipinski definition) is 3. The van der Waals surface area contributed by atoms with Gasteiger partial charge in [0.1, 0.15) is 0 Å². The van der Waals surface area contributed by atoms with Crippen LogP contribution in [0.1, 0.15) is 32.4 Å². The van der Waals surface area contributed by atoms with Gasteiger partial charge in [0.25, 0.3) is 0 Å². The molecule has 0 saturated carbocycles. The summed E-state index contributed by atoms with van der Waals surface area (Å²) in [6.45, 7) is 9.17. The molecule has 1 atom stereocenters. The molecule has 1 aromatic rings. The Morgan fingerprint density at radius 1 is 1.44 bits per heavy atom. The lowest BCUT2D eigenvalue weighted by molar-refractivity contribution is 0.168. The average Bonchev–Trinajstić information content (AvgIpc) is 2.82. The zero-order valence-electron chi connectivity index (χ0n) is 11.9. The van der Waals surface area contributed by atoms with Crippen molar-refractivity contribution in [3.05, 3.63) is 18.0 Å². The smallest absolute Gasteiger partial charge is 0.0762 e. The van der Waals surface area contributed by atoms with Crippen molar-refractivity contribution in [3.63, 3.8) is 0 Å². The second-order valence-electron chi connectivity index (χ2n) is 5.42. The van der Waals surface area contributed by atoms with Gasteiger partial charge < -0.3 is 10.2 Å². The number of nitrogens with zero attached hydrogens (tertiary/aromatic N) is 3. The predicted molar refractivity (Wildman–Crippen MR) is 74.3 cm³/mol. The summed E-state index contributed by atoms with van der Waals surface area (Å²) in [6.07, 6.45) is 4.65. The molecule has 102 valence electrons. The number of nitrogens with one attached hydrogen (secondary N) is 1. The minimum absolute atomic E-state index is 0.589. The molecule has 2 heterocycles. The van der Waals surface area contributed by atoms with E-state index in [2.05, 4.69) is 35.2 Å². The molecule has 0 aromatic carbocycles. The second kappa shape index (κ2) is 6.34. The van der Waals surface area contributed by atoms with Gasteiger partial charge in [0.2, 0.25) is 0 Å². The highest BCUT2D eigenvalue weighted by atomic mass is 15.3. The molecule has 1 fully saturated rings. The van der Waals surface area contributed by atoms with Gasteiger partial charge in [0.05, 0.1) is 5.69 Å². The molecule has 4 nitrogen and oxygen atoms in total. The van der Waals surface area contributed by atoms with Crippen LogP contribution in [-0.2, 0) is 13.6 Å². The lowest BCUT2D eigenvalue weighted by atomic mass is 9.90. The van der Waals surface area contributed by atoms with Gasteiger partial charge in [0.15, 0.2) is 0 Å². The minimum atomic E-state index is 0.589. The Bertz CT molecular complexity index is 352. The molecule has 0 bridgehead atoms. The fourth-order valence-electron chi connectivity index (χ4n) is 2.76. The topological polar surface area (TPSA) is 33.1 Å². The van der Waals surface area contributed by atoms with Gasteiger partial charge in [-0.1, -0.05) is 6.92 Å². The molecule has 0 radical (unpaired) electrons. The first-order valence-electron chi connectivity index (χ1n) is 7.13. The molecule has 1 N–H and O–H groups in total. The zero-order chi connectivity index (χ0) is 13.0. The van der Waals surface area contributed by atoms with Crippen molar-refractivity contribution >= 4 is 0 Å². The van der Waals surface area contributed by atoms with Crippen molar-refractivity contribution in [2.24, 2.45) is 13.0 Å². The van der Waals surface area contributed by atoms with Crippen LogP contribution in [0.4, 0.5) is 0 Å². The Hall–Kier alpha value is -0.870. The van der Waals surface area contributed by atoms with E-state index in [-0.39, 0.29) is 0 Å². The van der Waals surface area contributed by atoms with Gasteiger partial charge >= 0.3 is 0 Å². The maximum atomic E-state index is 4.40. The van der Waals surface area contributed by atoms with E-state index in [0.717, 1.165) is 18.2 Å². The first-order valence-corrected chi connectivity index (χ1v) is 7.13. The van der Waals surface area contributed by atoms with Crippen molar-refractivity contribution in [2.75, 3.05) is 19.6 Å². The quantitative estimate of drug-likeness (QED) is 0.862. The summed E-state index contributed by atoms with van der Waals surface area (Å²) in [5.41, 5.74) is 1.13. The summed E-state index contributed by atoms with van der Waals surface area (Å²) in [4.78, 5) is 2.54. The highest BCUT2D eigenvalue weighted by Crippen LogP contribution is 2.20. The number of likely N-dealkylation sites (tertiary alicyclic amines) is 1. The van der Waals surface area contributed by atoms with Gasteiger partial charge in [-0.05, 0) is 51.4 Å². The van der Waals surface area contributed by atoms with E-state index in [9.17, 15) is 0 Å². The first kappa shape index (κ1) is 13.6. The summed E-state index contributed by atoms with van der Waals surface area (Å²) in [5.74, 6) is 0.816. The van der Waals surface area contributed by atoms with E-state index in [1.54, 1.807) is 0 Å². The van der Waals surface area contributed by atoms with Gasteiger partial charge in [0, 0.05) is 25.8 Å². The Morgan fingerprint density at radius 2 is 2.17 bits per heavy atom. The lowest BCUT2D eigenvalue weighted by Gasteiger charge is -2.34. The molecule has 1 aromatic heterocycles. The Kier molecular flexibility index (Phi) is 4.78. The lowest BCUT2D eigenvalue weighted by Crippen LogP contribution is -2.41. The van der Waals surface area contributed by atoms with Crippen molar-refractivity contribution in [2.45, 2.75) is 39.3 Å². The van der Waals surface area contributed by atoms with Crippen molar-refractivity contribution < 1.29 is 0 Å². The highest BCUT2D eigenvalue weighted by molar-refractivity contribution is 4.98. The molecule has 1 aliphatic heterocycles. The number of piperidine rings is 1. The van der Waals surface area contributed by atoms with E-state index < -0.39 is 0 Å². The molecule has 0 spiro atoms. The van der Waals surface area contributed by atoms with E-state index in [1.165, 1.54) is 32.5 Å². The van der Waals surface area contributed by atoms with Gasteiger partial charge in [-0.2, -0.15) is 5.10 Å². The van der Waals surface area contributed by atoms with Gasteiger partial charge in [-0.15, -0.1) is 0 Å². The fraction of sp³-hybridized carbons (Fsp3) is 0.786. The van der Waals surface area contributed by atoms with E-state index in [0.29, 0.717) is 6.04 Å². The molecule has 0 aliphatic carbocycles. The number of rotatable bonds is 5. The van der Waals surface area contributed by atoms with Crippen LogP contribution in [0.5, 0.6) is 0 Å². The maximum Gasteiger partial charge on any atom is 0.0762 e. The zero-order valence-corrected chi connectivity index (χ0v) is 11.9. The molecule has 2 rings (SSSR count). The Balaban J connectivity index is 1.73. The summed E-state index contributed by atoms with van der Waals surface area (Å²) >= 11 is 0. The van der Waals surface area contributed by atoms with Crippen molar-refractivity contribution in [1.29, 1.82) is 0 Å². The SMILES string of the molecule is CCN1CCC(C(C)NCc2ccn(C)n2)CC1. The van der Waals surface area contributed by atoms with Crippen LogP contribution < -0.4 is 5.32 Å². The van der Waals surface area contributed by atoms with Crippen molar-refractivity contribution in [1.82, 2.24) is 20.0 Å². The fourth-order valence-corrected chi connectivity index (χ4v) is 2.76. The van der Waals surface area contributed by atoms with Crippen LogP contribution >= 0.6 is 0 Å². The Morgan fingerprint density at radius 3 is 2.72 bits per heavy atom. The normalized spacial score (nSPS) is 20.2. The van der Waals surface area contributed by atoms with Crippen LogP contribution in [0.25, 0.3) is 0 Å². The number of aromatic nitrogens is 2. The van der Waals surface area contributed by atoms with Crippen molar-refractivity contribution in [3.8, 4) is 0 Å². The monoisotopic (exact) mass is 250 g/mol. The van der Waals surface area contributed by atoms with Crippen LogP contribution in [-0.4, -0.2) is 40.4 Å². The van der Waals surface area contributed by atoms with Crippen LogP contribution in [0, 0.1) is 5.92 Å². The third kappa shape index (κ3) is 3.56. The molecule has 1 unspecified atom stereocenters. The van der Waals surface area contributed by atoms with Crippen LogP contribution in [0.15, 0.2) is 12.3 Å². The largest absolute Gasteiger partial charge is 0.308 e. The molecular formula is C14H26N4. The molecule has 18 heavy (non-hydrogen) atoms. The predicted octanol–water partition coefficient (Wildman–Crippen LogP) is 1.63. The van der Waals surface area contributed by atoms with E-state index in [4.69, 9.17) is 0 Å². The third-order valence-electron chi connectivity index (χ3n) is 4.16. The Labute approximate surface area is 110 Å².